The molecule has 0 aromatic heterocycles. The van der Waals surface area contributed by atoms with Crippen LogP contribution in [0.1, 0.15) is 44.7 Å². The number of hydrogen-bond donors (Lipinski definition) is 1. The average Bonchev–Trinajstić information content (AvgIpc) is 2.91. The number of rotatable bonds is 9. The predicted molar refractivity (Wildman–Crippen MR) is 160 cm³/mol. The van der Waals surface area contributed by atoms with Crippen LogP contribution in [0.4, 0.5) is 4.79 Å². The lowest BCUT2D eigenvalue weighted by molar-refractivity contribution is -0.141. The van der Waals surface area contributed by atoms with Crippen LogP contribution in [0.3, 0.4) is 0 Å². The minimum Gasteiger partial charge on any atom is -0.469 e. The quantitative estimate of drug-likeness (QED) is 0.339. The standard InChI is InChI=1S/C31H46N4O4Si/c1-31(2,3)40(5,6)39-28-17-26(18-29(36)38-4)32-19-27(28)35-22-33(20-24-13-9-7-10-14-24)30(37)34(23-35)21-25-15-11-8-12-16-25/h7-16,26-28,32H,17-23H2,1-6H3/t26-,27-,28+/m0/s1. The average molecular weight is 567 g/mol. The lowest BCUT2D eigenvalue weighted by atomic mass is 9.94. The topological polar surface area (TPSA) is 74.4 Å². The van der Waals surface area contributed by atoms with Crippen molar-refractivity contribution in [2.24, 2.45) is 0 Å². The van der Waals surface area contributed by atoms with Crippen LogP contribution in [0, 0.1) is 0 Å². The van der Waals surface area contributed by atoms with Gasteiger partial charge in [-0.1, -0.05) is 81.4 Å². The molecule has 2 fully saturated rings. The molecule has 0 radical (unpaired) electrons. The predicted octanol–water partition coefficient (Wildman–Crippen LogP) is 5.03. The van der Waals surface area contributed by atoms with Gasteiger partial charge in [-0.3, -0.25) is 9.69 Å². The maximum absolute atomic E-state index is 13.7. The smallest absolute Gasteiger partial charge is 0.322 e. The van der Waals surface area contributed by atoms with Crippen LogP contribution < -0.4 is 5.32 Å². The van der Waals surface area contributed by atoms with E-state index >= 15 is 0 Å². The van der Waals surface area contributed by atoms with E-state index in [4.69, 9.17) is 9.16 Å². The molecule has 40 heavy (non-hydrogen) atoms. The van der Waals surface area contributed by atoms with E-state index in [1.807, 2.05) is 46.2 Å². The minimum absolute atomic E-state index is 0.00858. The van der Waals surface area contributed by atoms with Crippen LogP contribution in [0.15, 0.2) is 60.7 Å². The highest BCUT2D eigenvalue weighted by atomic mass is 28.4. The Hall–Kier alpha value is -2.72. The first kappa shape index (κ1) is 30.2. The Balaban J connectivity index is 1.61. The number of carbonyl (C=O) groups is 2. The van der Waals surface area contributed by atoms with Crippen molar-refractivity contribution in [1.82, 2.24) is 20.0 Å². The zero-order chi connectivity index (χ0) is 28.9. The lowest BCUT2D eigenvalue weighted by Gasteiger charge is -2.51. The SMILES string of the molecule is COC(=O)C[C@@H]1C[C@@H](O[Si](C)(C)C(C)(C)C)[C@@H](N2CN(Cc3ccccc3)C(=O)N(Cc3ccccc3)C2)CN1. The summed E-state index contributed by atoms with van der Waals surface area (Å²) in [6, 6.07) is 20.4. The first-order valence-electron chi connectivity index (χ1n) is 14.3. The summed E-state index contributed by atoms with van der Waals surface area (Å²) in [6.45, 7) is 14.1. The molecule has 8 nitrogen and oxygen atoms in total. The van der Waals surface area contributed by atoms with Crippen molar-refractivity contribution in [2.45, 2.75) is 83.0 Å². The van der Waals surface area contributed by atoms with Crippen molar-refractivity contribution < 1.29 is 18.8 Å². The third-order valence-electron chi connectivity index (χ3n) is 8.60. The number of piperidine rings is 1. The zero-order valence-electron chi connectivity index (χ0n) is 24.9. The van der Waals surface area contributed by atoms with Crippen molar-refractivity contribution in [1.29, 1.82) is 0 Å². The molecular formula is C31H46N4O4Si. The molecule has 2 aromatic carbocycles. The van der Waals surface area contributed by atoms with E-state index in [2.05, 4.69) is 68.3 Å². The molecule has 0 unspecified atom stereocenters. The third kappa shape index (κ3) is 7.51. The van der Waals surface area contributed by atoms with Crippen LogP contribution in [-0.4, -0.2) is 80.2 Å². The highest BCUT2D eigenvalue weighted by molar-refractivity contribution is 6.74. The van der Waals surface area contributed by atoms with Gasteiger partial charge in [-0.15, -0.1) is 0 Å². The molecule has 2 saturated heterocycles. The second-order valence-electron chi connectivity index (χ2n) is 12.6. The number of urea groups is 1. The summed E-state index contributed by atoms with van der Waals surface area (Å²) in [4.78, 5) is 32.1. The van der Waals surface area contributed by atoms with Crippen LogP contribution in [0.2, 0.25) is 18.1 Å². The third-order valence-corrected chi connectivity index (χ3v) is 13.1. The number of nitrogens with zero attached hydrogens (tertiary/aromatic N) is 3. The molecule has 218 valence electrons. The Morgan fingerprint density at radius 3 is 1.95 bits per heavy atom. The molecule has 2 aliphatic heterocycles. The van der Waals surface area contributed by atoms with Crippen LogP contribution >= 0.6 is 0 Å². The van der Waals surface area contributed by atoms with E-state index in [9.17, 15) is 9.59 Å². The molecule has 1 N–H and O–H groups in total. The van der Waals surface area contributed by atoms with E-state index in [-0.39, 0.29) is 35.2 Å². The van der Waals surface area contributed by atoms with Gasteiger partial charge in [0, 0.05) is 25.7 Å². The number of esters is 1. The molecule has 0 saturated carbocycles. The van der Waals surface area contributed by atoms with Crippen molar-refractivity contribution in [2.75, 3.05) is 27.0 Å². The van der Waals surface area contributed by atoms with Gasteiger partial charge in [-0.2, -0.15) is 0 Å². The van der Waals surface area contributed by atoms with E-state index in [1.54, 1.807) is 0 Å². The summed E-state index contributed by atoms with van der Waals surface area (Å²) in [5.74, 6) is -0.214. The molecule has 9 heteroatoms. The number of methoxy groups -OCH3 is 1. The number of carbonyl (C=O) groups excluding carboxylic acids is 2. The van der Waals surface area contributed by atoms with Gasteiger partial charge in [0.2, 0.25) is 0 Å². The molecule has 0 bridgehead atoms. The first-order chi connectivity index (χ1) is 19.0. The van der Waals surface area contributed by atoms with Crippen molar-refractivity contribution in [3.05, 3.63) is 71.8 Å². The zero-order valence-corrected chi connectivity index (χ0v) is 25.9. The highest BCUT2D eigenvalue weighted by Crippen LogP contribution is 2.39. The van der Waals surface area contributed by atoms with Crippen molar-refractivity contribution in [3.63, 3.8) is 0 Å². The van der Waals surface area contributed by atoms with Crippen LogP contribution in [0.5, 0.6) is 0 Å². The molecule has 2 aliphatic rings. The summed E-state index contributed by atoms with van der Waals surface area (Å²) in [7, 11) is -0.674. The summed E-state index contributed by atoms with van der Waals surface area (Å²) >= 11 is 0. The Morgan fingerprint density at radius 2 is 1.48 bits per heavy atom. The molecular weight excluding hydrogens is 520 g/mol. The van der Waals surface area contributed by atoms with Gasteiger partial charge < -0.3 is 24.3 Å². The summed E-state index contributed by atoms with van der Waals surface area (Å²) in [6.07, 6.45) is 0.968. The van der Waals surface area contributed by atoms with Gasteiger partial charge in [-0.25, -0.2) is 4.79 Å². The minimum atomic E-state index is -2.11. The molecule has 2 heterocycles. The largest absolute Gasteiger partial charge is 0.469 e. The fourth-order valence-electron chi connectivity index (χ4n) is 5.28. The van der Waals surface area contributed by atoms with Crippen LogP contribution in [-0.2, 0) is 27.0 Å². The molecule has 3 atom stereocenters. The monoisotopic (exact) mass is 566 g/mol. The van der Waals surface area contributed by atoms with Gasteiger partial charge in [-0.05, 0) is 35.7 Å². The fraction of sp³-hybridized carbons (Fsp3) is 0.548. The molecule has 0 aliphatic carbocycles. The summed E-state index contributed by atoms with van der Waals surface area (Å²) in [5.41, 5.74) is 2.21. The number of benzene rings is 2. The molecule has 2 amide bonds. The molecule has 2 aromatic rings. The summed E-state index contributed by atoms with van der Waals surface area (Å²) < 4.78 is 12.0. The maximum atomic E-state index is 13.7. The second kappa shape index (κ2) is 12.8. The molecule has 0 spiro atoms. The molecule has 4 rings (SSSR count). The van der Waals surface area contributed by atoms with Crippen molar-refractivity contribution in [3.8, 4) is 0 Å². The Labute approximate surface area is 240 Å². The van der Waals surface area contributed by atoms with E-state index < -0.39 is 8.32 Å². The number of amides is 2. The fourth-order valence-corrected chi connectivity index (χ4v) is 6.65. The first-order valence-corrected chi connectivity index (χ1v) is 17.2. The van der Waals surface area contributed by atoms with Gasteiger partial charge in [0.25, 0.3) is 0 Å². The van der Waals surface area contributed by atoms with Gasteiger partial charge in [0.05, 0.1) is 39.0 Å². The second-order valence-corrected chi connectivity index (χ2v) is 17.4. The Kier molecular flexibility index (Phi) is 9.71. The van der Waals surface area contributed by atoms with E-state index in [1.165, 1.54) is 7.11 Å². The van der Waals surface area contributed by atoms with Crippen LogP contribution in [0.25, 0.3) is 0 Å². The maximum Gasteiger partial charge on any atom is 0.322 e. The van der Waals surface area contributed by atoms with Crippen molar-refractivity contribution >= 4 is 20.3 Å². The number of nitrogens with one attached hydrogen (secondary N) is 1. The number of ether oxygens (including phenoxy) is 1. The highest BCUT2D eigenvalue weighted by Gasteiger charge is 2.45. The number of hydrogen-bond acceptors (Lipinski definition) is 6. The Morgan fingerprint density at radius 1 is 0.950 bits per heavy atom. The van der Waals surface area contributed by atoms with Gasteiger partial charge in [0.15, 0.2) is 8.32 Å². The van der Waals surface area contributed by atoms with Gasteiger partial charge in [0.1, 0.15) is 0 Å². The Bertz CT molecular complexity index is 1070. The normalized spacial score (nSPS) is 22.9. The van der Waals surface area contributed by atoms with E-state index in [0.29, 0.717) is 45.8 Å². The van der Waals surface area contributed by atoms with Gasteiger partial charge >= 0.3 is 12.0 Å². The summed E-state index contributed by atoms with van der Waals surface area (Å²) in [5, 5.41) is 3.65. The van der Waals surface area contributed by atoms with E-state index in [0.717, 1.165) is 11.1 Å². The lowest BCUT2D eigenvalue weighted by Crippen LogP contribution is -2.67.